The first kappa shape index (κ1) is 15.8. The minimum Gasteiger partial charge on any atom is -0.306 e. The van der Waals surface area contributed by atoms with Gasteiger partial charge in [-0.05, 0) is 37.0 Å². The third kappa shape index (κ3) is 5.02. The fourth-order valence-electron chi connectivity index (χ4n) is 2.02. The number of halogens is 2. The molecule has 0 aliphatic heterocycles. The van der Waals surface area contributed by atoms with Gasteiger partial charge in [-0.25, -0.2) is 8.78 Å². The first-order valence-corrected chi connectivity index (χ1v) is 7.63. The fraction of sp³-hybridized carbons (Fsp3) is 0.312. The maximum Gasteiger partial charge on any atom is 0.164 e. The van der Waals surface area contributed by atoms with Crippen molar-refractivity contribution in [3.8, 4) is 0 Å². The monoisotopic (exact) mass is 309 g/mol. The Morgan fingerprint density at radius 3 is 2.52 bits per heavy atom. The molecular weight excluding hydrogens is 292 g/mol. The highest BCUT2D eigenvalue weighted by molar-refractivity contribution is 7.09. The van der Waals surface area contributed by atoms with Gasteiger partial charge in [-0.15, -0.1) is 11.3 Å². The van der Waals surface area contributed by atoms with Crippen molar-refractivity contribution in [3.05, 3.63) is 57.8 Å². The van der Waals surface area contributed by atoms with Gasteiger partial charge in [-0.3, -0.25) is 4.79 Å². The second-order valence-corrected chi connectivity index (χ2v) is 6.00. The summed E-state index contributed by atoms with van der Waals surface area (Å²) in [7, 11) is 1.94. The molecule has 0 fully saturated rings. The van der Waals surface area contributed by atoms with Crippen LogP contribution in [-0.2, 0) is 6.42 Å². The van der Waals surface area contributed by atoms with E-state index >= 15 is 0 Å². The van der Waals surface area contributed by atoms with E-state index in [4.69, 9.17) is 0 Å². The molecule has 0 aliphatic carbocycles. The second-order valence-electron chi connectivity index (χ2n) is 4.96. The number of Topliss-reactive ketones (excluding diaryl/α,β-unsaturated/α-hetero) is 1. The van der Waals surface area contributed by atoms with Gasteiger partial charge in [-0.1, -0.05) is 6.07 Å². The quantitative estimate of drug-likeness (QED) is 0.726. The zero-order valence-corrected chi connectivity index (χ0v) is 12.6. The number of hydrogen-bond donors (Lipinski definition) is 0. The van der Waals surface area contributed by atoms with E-state index in [1.165, 1.54) is 4.88 Å². The molecule has 1 aromatic carbocycles. The van der Waals surface area contributed by atoms with E-state index in [0.29, 0.717) is 6.54 Å². The van der Waals surface area contributed by atoms with Crippen molar-refractivity contribution in [3.63, 3.8) is 0 Å². The normalized spacial score (nSPS) is 11.0. The van der Waals surface area contributed by atoms with Gasteiger partial charge in [0, 0.05) is 36.0 Å². The molecule has 0 aliphatic rings. The van der Waals surface area contributed by atoms with Crippen molar-refractivity contribution in [1.82, 2.24) is 4.90 Å². The number of likely N-dealkylation sites (N-methyl/N-ethyl adjacent to an activating group) is 1. The Bertz CT molecular complexity index is 578. The number of carbonyl (C=O) groups excluding carboxylic acids is 1. The minimum atomic E-state index is -0.718. The summed E-state index contributed by atoms with van der Waals surface area (Å²) in [6, 6.07) is 7.03. The Kier molecular flexibility index (Phi) is 5.59. The van der Waals surface area contributed by atoms with Crippen molar-refractivity contribution < 1.29 is 13.6 Å². The van der Waals surface area contributed by atoms with Crippen LogP contribution in [0.15, 0.2) is 35.7 Å². The number of carbonyl (C=O) groups is 1. The van der Waals surface area contributed by atoms with Gasteiger partial charge in [0.15, 0.2) is 5.78 Å². The average Bonchev–Trinajstić information content (AvgIpc) is 2.94. The van der Waals surface area contributed by atoms with Crippen molar-refractivity contribution in [2.45, 2.75) is 12.8 Å². The fourth-order valence-corrected chi connectivity index (χ4v) is 2.72. The molecular formula is C16H17F2NOS. The summed E-state index contributed by atoms with van der Waals surface area (Å²) in [6.07, 6.45) is 1.20. The molecule has 2 aromatic rings. The Labute approximate surface area is 127 Å². The van der Waals surface area contributed by atoms with Gasteiger partial charge < -0.3 is 4.90 Å². The summed E-state index contributed by atoms with van der Waals surface area (Å²) in [4.78, 5) is 15.3. The van der Waals surface area contributed by atoms with E-state index in [2.05, 4.69) is 6.07 Å². The van der Waals surface area contributed by atoms with Gasteiger partial charge in [0.1, 0.15) is 11.6 Å². The standard InChI is InChI=1S/C16H17F2NOS/c1-19(6-4-15-3-2-8-21-15)7-5-16(20)12-9-13(17)11-14(18)10-12/h2-3,8-11H,4-7H2,1H3. The molecule has 1 aromatic heterocycles. The topological polar surface area (TPSA) is 20.3 Å². The van der Waals surface area contributed by atoms with Crippen molar-refractivity contribution in [2.75, 3.05) is 20.1 Å². The molecule has 0 N–H and O–H groups in total. The Morgan fingerprint density at radius 1 is 1.19 bits per heavy atom. The smallest absolute Gasteiger partial charge is 0.164 e. The molecule has 0 saturated heterocycles. The van der Waals surface area contributed by atoms with Gasteiger partial charge >= 0.3 is 0 Å². The summed E-state index contributed by atoms with van der Waals surface area (Å²) in [5.74, 6) is -1.68. The minimum absolute atomic E-state index is 0.0964. The van der Waals surface area contributed by atoms with Crippen LogP contribution in [0.2, 0.25) is 0 Å². The largest absolute Gasteiger partial charge is 0.306 e. The zero-order chi connectivity index (χ0) is 15.2. The van der Waals surface area contributed by atoms with E-state index in [1.807, 2.05) is 23.4 Å². The molecule has 2 rings (SSSR count). The third-order valence-corrected chi connectivity index (χ3v) is 4.16. The Hall–Kier alpha value is -1.59. The molecule has 5 heteroatoms. The van der Waals surface area contributed by atoms with Crippen LogP contribution in [0.5, 0.6) is 0 Å². The molecule has 0 amide bonds. The van der Waals surface area contributed by atoms with Crippen LogP contribution in [0.3, 0.4) is 0 Å². The van der Waals surface area contributed by atoms with Crippen LogP contribution < -0.4 is 0 Å². The maximum absolute atomic E-state index is 13.1. The van der Waals surface area contributed by atoms with Crippen LogP contribution in [-0.4, -0.2) is 30.8 Å². The maximum atomic E-state index is 13.1. The van der Waals surface area contributed by atoms with E-state index in [1.54, 1.807) is 11.3 Å². The lowest BCUT2D eigenvalue weighted by Gasteiger charge is -2.15. The first-order chi connectivity index (χ1) is 10.0. The summed E-state index contributed by atoms with van der Waals surface area (Å²) in [5, 5.41) is 2.04. The molecule has 112 valence electrons. The summed E-state index contributed by atoms with van der Waals surface area (Å²) >= 11 is 1.71. The predicted molar refractivity (Wildman–Crippen MR) is 80.8 cm³/mol. The lowest BCUT2D eigenvalue weighted by atomic mass is 10.1. The molecule has 21 heavy (non-hydrogen) atoms. The number of ketones is 1. The van der Waals surface area contributed by atoms with Crippen LogP contribution in [0.25, 0.3) is 0 Å². The Morgan fingerprint density at radius 2 is 1.90 bits per heavy atom. The van der Waals surface area contributed by atoms with Gasteiger partial charge in [-0.2, -0.15) is 0 Å². The molecule has 0 radical (unpaired) electrons. The van der Waals surface area contributed by atoms with E-state index in [0.717, 1.165) is 31.2 Å². The van der Waals surface area contributed by atoms with Crippen LogP contribution >= 0.6 is 11.3 Å². The predicted octanol–water partition coefficient (Wildman–Crippen LogP) is 3.77. The molecule has 0 saturated carbocycles. The lowest BCUT2D eigenvalue weighted by molar-refractivity contribution is 0.0968. The number of benzene rings is 1. The van der Waals surface area contributed by atoms with Crippen molar-refractivity contribution in [2.24, 2.45) is 0 Å². The highest BCUT2D eigenvalue weighted by Gasteiger charge is 2.10. The third-order valence-electron chi connectivity index (χ3n) is 3.23. The summed E-state index contributed by atoms with van der Waals surface area (Å²) in [5.41, 5.74) is 0.0964. The van der Waals surface area contributed by atoms with Gasteiger partial charge in [0.2, 0.25) is 0 Å². The summed E-state index contributed by atoms with van der Waals surface area (Å²) in [6.45, 7) is 1.42. The molecule has 0 spiro atoms. The zero-order valence-electron chi connectivity index (χ0n) is 11.8. The number of rotatable bonds is 7. The van der Waals surface area contributed by atoms with Crippen LogP contribution in [0.1, 0.15) is 21.7 Å². The van der Waals surface area contributed by atoms with Crippen molar-refractivity contribution >= 4 is 17.1 Å². The van der Waals surface area contributed by atoms with E-state index in [9.17, 15) is 13.6 Å². The molecule has 1 heterocycles. The molecule has 0 unspecified atom stereocenters. The second kappa shape index (κ2) is 7.43. The molecule has 0 bridgehead atoms. The van der Waals surface area contributed by atoms with E-state index in [-0.39, 0.29) is 17.8 Å². The molecule has 0 atom stereocenters. The highest BCUT2D eigenvalue weighted by atomic mass is 32.1. The lowest BCUT2D eigenvalue weighted by Crippen LogP contribution is -2.24. The van der Waals surface area contributed by atoms with Gasteiger partial charge in [0.25, 0.3) is 0 Å². The summed E-state index contributed by atoms with van der Waals surface area (Å²) < 4.78 is 26.1. The molecule has 2 nitrogen and oxygen atoms in total. The van der Waals surface area contributed by atoms with Crippen molar-refractivity contribution in [1.29, 1.82) is 0 Å². The average molecular weight is 309 g/mol. The number of nitrogens with zero attached hydrogens (tertiary/aromatic N) is 1. The number of hydrogen-bond acceptors (Lipinski definition) is 3. The first-order valence-electron chi connectivity index (χ1n) is 6.75. The SMILES string of the molecule is CN(CCC(=O)c1cc(F)cc(F)c1)CCc1cccs1. The van der Waals surface area contributed by atoms with E-state index < -0.39 is 11.6 Å². The van der Waals surface area contributed by atoms with Crippen LogP contribution in [0.4, 0.5) is 8.78 Å². The Balaban J connectivity index is 1.80. The number of thiophene rings is 1. The highest BCUT2D eigenvalue weighted by Crippen LogP contribution is 2.12. The van der Waals surface area contributed by atoms with Gasteiger partial charge in [0.05, 0.1) is 0 Å². The van der Waals surface area contributed by atoms with Crippen LogP contribution in [0, 0.1) is 11.6 Å².